The number of nitrogens with zero attached hydrogens (tertiary/aromatic N) is 2. The van der Waals surface area contributed by atoms with Gasteiger partial charge in [0.25, 0.3) is 0 Å². The van der Waals surface area contributed by atoms with Gasteiger partial charge in [-0.2, -0.15) is 0 Å². The van der Waals surface area contributed by atoms with Crippen molar-refractivity contribution in [1.29, 1.82) is 0 Å². The van der Waals surface area contributed by atoms with Crippen LogP contribution in [0.15, 0.2) is 42.5 Å². The summed E-state index contributed by atoms with van der Waals surface area (Å²) >= 11 is 0. The Balaban J connectivity index is 1.45. The van der Waals surface area contributed by atoms with Crippen LogP contribution in [0.3, 0.4) is 0 Å². The number of aryl methyl sites for hydroxylation is 1. The van der Waals surface area contributed by atoms with Gasteiger partial charge in [0.15, 0.2) is 0 Å². The molecule has 0 bridgehead atoms. The van der Waals surface area contributed by atoms with Crippen molar-refractivity contribution < 1.29 is 9.59 Å². The molecule has 2 aliphatic heterocycles. The van der Waals surface area contributed by atoms with Crippen LogP contribution in [-0.2, 0) is 9.59 Å². The quantitative estimate of drug-likeness (QED) is 0.784. The van der Waals surface area contributed by atoms with Crippen LogP contribution in [0.4, 0.5) is 17.1 Å². The Morgan fingerprint density at radius 1 is 1.03 bits per heavy atom. The van der Waals surface area contributed by atoms with E-state index in [1.807, 2.05) is 31.2 Å². The fourth-order valence-electron chi connectivity index (χ4n) is 4.52. The number of nitrogens with one attached hydrogen (secondary N) is 1. The highest BCUT2D eigenvalue weighted by Gasteiger charge is 2.35. The number of benzene rings is 2. The van der Waals surface area contributed by atoms with E-state index in [9.17, 15) is 9.59 Å². The van der Waals surface area contributed by atoms with E-state index in [1.54, 1.807) is 4.90 Å². The van der Waals surface area contributed by atoms with E-state index in [4.69, 9.17) is 0 Å². The molecule has 5 nitrogen and oxygen atoms in total. The molecule has 2 aromatic carbocycles. The normalized spacial score (nSPS) is 19.1. The van der Waals surface area contributed by atoms with Crippen molar-refractivity contribution in [3.05, 3.63) is 53.6 Å². The van der Waals surface area contributed by atoms with Crippen LogP contribution in [0.5, 0.6) is 0 Å². The second-order valence-electron chi connectivity index (χ2n) is 8.80. The predicted molar refractivity (Wildman–Crippen MR) is 122 cm³/mol. The number of hydrogen-bond acceptors (Lipinski definition) is 3. The van der Waals surface area contributed by atoms with Crippen molar-refractivity contribution >= 4 is 28.9 Å². The molecule has 2 heterocycles. The summed E-state index contributed by atoms with van der Waals surface area (Å²) in [6.45, 7) is 8.88. The van der Waals surface area contributed by atoms with Crippen LogP contribution in [0.1, 0.15) is 50.2 Å². The minimum Gasteiger partial charge on any atom is -0.372 e. The number of para-hydroxylation sites is 1. The molecule has 5 heteroatoms. The molecule has 30 heavy (non-hydrogen) atoms. The van der Waals surface area contributed by atoms with Crippen molar-refractivity contribution in [2.45, 2.75) is 46.0 Å². The number of anilines is 3. The molecule has 0 aliphatic carbocycles. The summed E-state index contributed by atoms with van der Waals surface area (Å²) in [5.41, 5.74) is 5.14. The molecule has 0 spiro atoms. The zero-order valence-corrected chi connectivity index (χ0v) is 18.1. The highest BCUT2D eigenvalue weighted by molar-refractivity contribution is 6.04. The Bertz CT molecular complexity index is 930. The van der Waals surface area contributed by atoms with Gasteiger partial charge in [0.1, 0.15) is 0 Å². The van der Waals surface area contributed by atoms with Gasteiger partial charge in [-0.15, -0.1) is 0 Å². The van der Waals surface area contributed by atoms with E-state index in [0.29, 0.717) is 12.5 Å². The van der Waals surface area contributed by atoms with Crippen molar-refractivity contribution in [3.8, 4) is 0 Å². The molecule has 4 rings (SSSR count). The summed E-state index contributed by atoms with van der Waals surface area (Å²) < 4.78 is 0. The maximum atomic E-state index is 13.0. The standard InChI is InChI=1S/C25H31N3O2/c1-17(2)22-8-6-7-18(3)24(22)26-25(30)19-15-23(29)28(16-19)21-11-9-20(10-12-21)27-13-4-5-14-27/h6-12,17,19H,4-5,13-16H2,1-3H3,(H,26,30). The van der Waals surface area contributed by atoms with Crippen molar-refractivity contribution in [3.63, 3.8) is 0 Å². The Hall–Kier alpha value is -2.82. The first-order valence-electron chi connectivity index (χ1n) is 11.0. The number of amides is 2. The van der Waals surface area contributed by atoms with Gasteiger partial charge in [-0.1, -0.05) is 32.0 Å². The van der Waals surface area contributed by atoms with Crippen LogP contribution in [0.25, 0.3) is 0 Å². The zero-order chi connectivity index (χ0) is 21.3. The molecule has 2 fully saturated rings. The monoisotopic (exact) mass is 405 g/mol. The van der Waals surface area contributed by atoms with Crippen molar-refractivity contribution in [2.75, 3.05) is 34.8 Å². The summed E-state index contributed by atoms with van der Waals surface area (Å²) in [6.07, 6.45) is 2.73. The second-order valence-corrected chi connectivity index (χ2v) is 8.80. The minimum atomic E-state index is -0.338. The molecule has 2 aromatic rings. The third-order valence-corrected chi connectivity index (χ3v) is 6.30. The minimum absolute atomic E-state index is 0.0120. The first-order valence-corrected chi connectivity index (χ1v) is 11.0. The highest BCUT2D eigenvalue weighted by atomic mass is 16.2. The average Bonchev–Trinajstić information content (AvgIpc) is 3.39. The molecule has 1 atom stereocenters. The molecule has 2 aliphatic rings. The third-order valence-electron chi connectivity index (χ3n) is 6.30. The number of rotatable bonds is 5. The van der Waals surface area contributed by atoms with Crippen molar-refractivity contribution in [2.24, 2.45) is 5.92 Å². The maximum absolute atomic E-state index is 13.0. The lowest BCUT2D eigenvalue weighted by Gasteiger charge is -2.21. The predicted octanol–water partition coefficient (Wildman–Crippen LogP) is 4.71. The Kier molecular flexibility index (Phi) is 5.80. The maximum Gasteiger partial charge on any atom is 0.229 e. The zero-order valence-electron chi connectivity index (χ0n) is 18.1. The van der Waals surface area contributed by atoms with Gasteiger partial charge in [-0.05, 0) is 61.1 Å². The van der Waals surface area contributed by atoms with E-state index in [1.165, 1.54) is 18.5 Å². The summed E-state index contributed by atoms with van der Waals surface area (Å²) in [4.78, 5) is 29.8. The second kappa shape index (κ2) is 8.50. The van der Waals surface area contributed by atoms with Crippen LogP contribution in [0.2, 0.25) is 0 Å². The first kappa shape index (κ1) is 20.5. The van der Waals surface area contributed by atoms with Crippen LogP contribution in [-0.4, -0.2) is 31.4 Å². The number of hydrogen-bond donors (Lipinski definition) is 1. The largest absolute Gasteiger partial charge is 0.372 e. The molecule has 0 radical (unpaired) electrons. The van der Waals surface area contributed by atoms with E-state index in [2.05, 4.69) is 42.3 Å². The lowest BCUT2D eigenvalue weighted by molar-refractivity contribution is -0.122. The lowest BCUT2D eigenvalue weighted by atomic mass is 9.97. The molecule has 0 saturated carbocycles. The summed E-state index contributed by atoms with van der Waals surface area (Å²) in [7, 11) is 0. The fraction of sp³-hybridized carbons (Fsp3) is 0.440. The van der Waals surface area contributed by atoms with Crippen molar-refractivity contribution in [1.82, 2.24) is 0 Å². The van der Waals surface area contributed by atoms with E-state index < -0.39 is 0 Å². The number of carbonyl (C=O) groups is 2. The van der Waals surface area contributed by atoms with Gasteiger partial charge in [0.2, 0.25) is 11.8 Å². The molecule has 1 unspecified atom stereocenters. The molecule has 2 saturated heterocycles. The fourth-order valence-corrected chi connectivity index (χ4v) is 4.52. The summed E-state index contributed by atoms with van der Waals surface area (Å²) in [5, 5.41) is 3.12. The van der Waals surface area contributed by atoms with Gasteiger partial charge in [0.05, 0.1) is 5.92 Å². The first-order chi connectivity index (χ1) is 14.4. The molecule has 1 N–H and O–H groups in total. The van der Waals surface area contributed by atoms with Gasteiger partial charge in [-0.3, -0.25) is 9.59 Å². The van der Waals surface area contributed by atoms with E-state index >= 15 is 0 Å². The third kappa shape index (κ3) is 4.07. The van der Waals surface area contributed by atoms with Crippen LogP contribution >= 0.6 is 0 Å². The van der Waals surface area contributed by atoms with Gasteiger partial charge >= 0.3 is 0 Å². The van der Waals surface area contributed by atoms with E-state index in [-0.39, 0.29) is 24.2 Å². The van der Waals surface area contributed by atoms with Crippen LogP contribution in [0, 0.1) is 12.8 Å². The molecule has 158 valence electrons. The SMILES string of the molecule is Cc1cccc(C(C)C)c1NC(=O)C1CC(=O)N(c2ccc(N3CCCC3)cc2)C1. The summed E-state index contributed by atoms with van der Waals surface area (Å²) in [5.74, 6) is -0.0833. The highest BCUT2D eigenvalue weighted by Crippen LogP contribution is 2.31. The topological polar surface area (TPSA) is 52.7 Å². The summed E-state index contributed by atoms with van der Waals surface area (Å²) in [6, 6.07) is 14.3. The van der Waals surface area contributed by atoms with Gasteiger partial charge in [0, 0.05) is 43.1 Å². The Morgan fingerprint density at radius 3 is 2.37 bits per heavy atom. The Morgan fingerprint density at radius 2 is 1.70 bits per heavy atom. The van der Waals surface area contributed by atoms with Crippen LogP contribution < -0.4 is 15.1 Å². The smallest absolute Gasteiger partial charge is 0.229 e. The lowest BCUT2D eigenvalue weighted by Crippen LogP contribution is -2.28. The Labute approximate surface area is 179 Å². The molecule has 0 aromatic heterocycles. The molecular weight excluding hydrogens is 374 g/mol. The molecular formula is C25H31N3O2. The number of carbonyl (C=O) groups excluding carboxylic acids is 2. The van der Waals surface area contributed by atoms with E-state index in [0.717, 1.165) is 35.6 Å². The molecule has 2 amide bonds. The average molecular weight is 406 g/mol. The van der Waals surface area contributed by atoms with Gasteiger partial charge < -0.3 is 15.1 Å². The van der Waals surface area contributed by atoms with Gasteiger partial charge in [-0.25, -0.2) is 0 Å².